The number of aliphatic hydroxyl groups is 4. The quantitative estimate of drug-likeness (QED) is 0.133. The number of phenolic OH excluding ortho intramolecular Hbond substituents is 1. The number of benzene rings is 2. The Labute approximate surface area is 258 Å². The molecular weight excluding hydrogens is 592 g/mol. The number of hydrogen-bond donors (Lipinski definition) is 6. The van der Waals surface area contributed by atoms with Crippen molar-refractivity contribution in [1.29, 1.82) is 0 Å². The summed E-state index contributed by atoms with van der Waals surface area (Å²) >= 11 is 0. The van der Waals surface area contributed by atoms with Crippen molar-refractivity contribution in [1.82, 2.24) is 0 Å². The Kier molecular flexibility index (Phi) is 10.2. The highest BCUT2D eigenvalue weighted by Crippen LogP contribution is 2.39. The Hall–Kier alpha value is -4.01. The summed E-state index contributed by atoms with van der Waals surface area (Å²) in [6.07, 6.45) is -8.68. The summed E-state index contributed by atoms with van der Waals surface area (Å²) in [6.45, 7) is 6.45. The fourth-order valence-electron chi connectivity index (χ4n) is 5.31. The van der Waals surface area contributed by atoms with E-state index in [9.17, 15) is 39.9 Å². The molecule has 2 aromatic carbocycles. The van der Waals surface area contributed by atoms with E-state index in [2.05, 4.69) is 0 Å². The third-order valence-electron chi connectivity index (χ3n) is 7.75. The number of phenols is 1. The van der Waals surface area contributed by atoms with Crippen molar-refractivity contribution in [3.05, 3.63) is 58.4 Å². The van der Waals surface area contributed by atoms with Crippen molar-refractivity contribution >= 4 is 22.9 Å². The smallest absolute Gasteiger partial charge is 0.317 e. The van der Waals surface area contributed by atoms with Gasteiger partial charge in [-0.3, -0.25) is 14.4 Å². The van der Waals surface area contributed by atoms with Crippen LogP contribution in [0.3, 0.4) is 0 Å². The van der Waals surface area contributed by atoms with E-state index in [0.29, 0.717) is 11.1 Å². The molecule has 0 spiro atoms. The van der Waals surface area contributed by atoms with Gasteiger partial charge in [-0.1, -0.05) is 39.8 Å². The van der Waals surface area contributed by atoms with E-state index in [1.165, 1.54) is 24.5 Å². The Morgan fingerprint density at radius 3 is 2.31 bits per heavy atom. The second-order valence-electron chi connectivity index (χ2n) is 11.9. The number of carbonyl (C=O) groups excluding carboxylic acids is 1. The molecule has 0 amide bonds. The largest absolute Gasteiger partial charge is 0.508 e. The average Bonchev–Trinajstić information content (AvgIpc) is 2.96. The zero-order valence-electron chi connectivity index (χ0n) is 25.2. The van der Waals surface area contributed by atoms with E-state index < -0.39 is 61.3 Å². The van der Waals surface area contributed by atoms with E-state index in [-0.39, 0.29) is 51.7 Å². The molecule has 0 aliphatic carbocycles. The predicted octanol–water partition coefficient (Wildman–Crippen LogP) is 2.27. The van der Waals surface area contributed by atoms with Gasteiger partial charge in [-0.15, -0.1) is 0 Å². The van der Waals surface area contributed by atoms with Crippen LogP contribution >= 0.6 is 0 Å². The summed E-state index contributed by atoms with van der Waals surface area (Å²) < 4.78 is 22.5. The van der Waals surface area contributed by atoms with Crippen LogP contribution in [0.5, 0.6) is 11.5 Å². The molecule has 45 heavy (non-hydrogen) atoms. The van der Waals surface area contributed by atoms with Crippen molar-refractivity contribution in [2.45, 2.75) is 82.8 Å². The van der Waals surface area contributed by atoms with Crippen LogP contribution in [0.4, 0.5) is 0 Å². The molecule has 13 nitrogen and oxygen atoms in total. The lowest BCUT2D eigenvalue weighted by molar-refractivity contribution is -0.334. The third kappa shape index (κ3) is 7.13. The van der Waals surface area contributed by atoms with Crippen molar-refractivity contribution in [2.24, 2.45) is 5.92 Å². The number of carbonyl (C=O) groups is 2. The predicted molar refractivity (Wildman–Crippen MR) is 159 cm³/mol. The first kappa shape index (κ1) is 33.9. The Balaban J connectivity index is 1.73. The summed E-state index contributed by atoms with van der Waals surface area (Å²) in [5.74, 6) is -2.85. The Morgan fingerprint density at radius 2 is 1.71 bits per heavy atom. The highest BCUT2D eigenvalue weighted by Gasteiger charge is 2.60. The maximum Gasteiger partial charge on any atom is 0.317 e. The molecule has 6 atom stereocenters. The summed E-state index contributed by atoms with van der Waals surface area (Å²) in [7, 11) is 0. The summed E-state index contributed by atoms with van der Waals surface area (Å²) in [5, 5.41) is 63.6. The minimum atomic E-state index is -2.61. The SMILES string of the molecule is CC(C)C[C@H](O)[C@@]1(O)[C@H](O)[C@@H](Oc2cc3occ(-c4ccc(O)cc4)c(=O)c3cc2C(C)C)O[C@@H](COC(=O)CC(=O)O)[C@@H]1O. The van der Waals surface area contributed by atoms with Gasteiger partial charge in [-0.2, -0.15) is 0 Å². The molecule has 1 saturated heterocycles. The Morgan fingerprint density at radius 1 is 1.04 bits per heavy atom. The van der Waals surface area contributed by atoms with Gasteiger partial charge in [0.25, 0.3) is 0 Å². The fraction of sp³-hybridized carbons (Fsp3) is 0.469. The number of esters is 1. The molecule has 0 bridgehead atoms. The topological polar surface area (TPSA) is 213 Å². The Bertz CT molecular complexity index is 1580. The lowest BCUT2D eigenvalue weighted by Crippen LogP contribution is -2.72. The number of rotatable bonds is 11. The summed E-state index contributed by atoms with van der Waals surface area (Å²) in [5.41, 5.74) is -1.55. The highest BCUT2D eigenvalue weighted by atomic mass is 16.7. The molecule has 2 heterocycles. The molecule has 1 aliphatic heterocycles. The second-order valence-corrected chi connectivity index (χ2v) is 11.9. The molecule has 1 fully saturated rings. The van der Waals surface area contributed by atoms with Gasteiger partial charge < -0.3 is 49.3 Å². The lowest BCUT2D eigenvalue weighted by Gasteiger charge is -2.50. The zero-order chi connectivity index (χ0) is 33.2. The van der Waals surface area contributed by atoms with Crippen molar-refractivity contribution in [3.63, 3.8) is 0 Å². The number of carboxylic acid groups (broad SMARTS) is 1. The van der Waals surface area contributed by atoms with Crippen LogP contribution < -0.4 is 10.2 Å². The van der Waals surface area contributed by atoms with Crippen LogP contribution in [0.25, 0.3) is 22.1 Å². The van der Waals surface area contributed by atoms with Crippen molar-refractivity contribution in [2.75, 3.05) is 6.61 Å². The number of fused-ring (bicyclic) bond motifs is 1. The molecular formula is C32H38O13. The van der Waals surface area contributed by atoms with E-state index in [4.69, 9.17) is 23.7 Å². The number of carboxylic acids is 1. The van der Waals surface area contributed by atoms with Crippen molar-refractivity contribution < 1.29 is 58.9 Å². The molecule has 4 rings (SSSR count). The second kappa shape index (κ2) is 13.5. The maximum absolute atomic E-state index is 13.5. The van der Waals surface area contributed by atoms with Crippen LogP contribution in [0.15, 0.2) is 51.9 Å². The first-order chi connectivity index (χ1) is 21.1. The van der Waals surface area contributed by atoms with Gasteiger partial charge in [-0.25, -0.2) is 0 Å². The first-order valence-electron chi connectivity index (χ1n) is 14.5. The molecule has 13 heteroatoms. The van der Waals surface area contributed by atoms with Crippen LogP contribution in [0.1, 0.15) is 52.0 Å². The zero-order valence-corrected chi connectivity index (χ0v) is 25.2. The van der Waals surface area contributed by atoms with Gasteiger partial charge in [0.15, 0.2) is 5.60 Å². The number of aromatic hydroxyl groups is 1. The van der Waals surface area contributed by atoms with Gasteiger partial charge in [0.2, 0.25) is 11.7 Å². The molecule has 3 aromatic rings. The first-order valence-corrected chi connectivity index (χ1v) is 14.5. The number of aliphatic hydroxyl groups excluding tert-OH is 3. The summed E-state index contributed by atoms with van der Waals surface area (Å²) in [4.78, 5) is 36.2. The fourth-order valence-corrected chi connectivity index (χ4v) is 5.31. The van der Waals surface area contributed by atoms with Gasteiger partial charge in [0.1, 0.15) is 54.7 Å². The van der Waals surface area contributed by atoms with E-state index in [1.54, 1.807) is 32.0 Å². The molecule has 0 radical (unpaired) electrons. The lowest BCUT2D eigenvalue weighted by atomic mass is 9.77. The molecule has 1 aliphatic rings. The average molecular weight is 631 g/mol. The molecule has 0 saturated carbocycles. The van der Waals surface area contributed by atoms with Crippen LogP contribution in [-0.4, -0.2) is 85.5 Å². The standard InChI is InChI=1S/C32H38O13/c1-15(2)9-25(34)32(41)29(39)24(14-43-27(37)12-26(35)36)45-31(30(32)40)44-23-11-22-20(10-19(23)16(3)4)28(38)21(13-42-22)17-5-7-18(33)8-6-17/h5-8,10-11,13,15-16,24-25,29-31,33-34,39-41H,9,12,14H2,1-4H3,(H,35,36)/t24-,25-,29-,30+,31-,32-/m0/s1. The minimum absolute atomic E-state index is 0.0371. The van der Waals surface area contributed by atoms with E-state index in [0.717, 1.165) is 0 Å². The normalized spacial score (nSPS) is 24.1. The number of hydrogen-bond acceptors (Lipinski definition) is 12. The van der Waals surface area contributed by atoms with Crippen LogP contribution in [0.2, 0.25) is 0 Å². The minimum Gasteiger partial charge on any atom is -0.508 e. The van der Waals surface area contributed by atoms with Gasteiger partial charge in [0, 0.05) is 6.07 Å². The molecule has 6 N–H and O–H groups in total. The van der Waals surface area contributed by atoms with Crippen molar-refractivity contribution in [3.8, 4) is 22.6 Å². The number of ether oxygens (including phenoxy) is 3. The summed E-state index contributed by atoms with van der Waals surface area (Å²) in [6, 6.07) is 9.03. The number of aliphatic carboxylic acids is 1. The van der Waals surface area contributed by atoms with Crippen LogP contribution in [-0.2, 0) is 19.1 Å². The van der Waals surface area contributed by atoms with Gasteiger partial charge in [0.05, 0.1) is 17.1 Å². The third-order valence-corrected chi connectivity index (χ3v) is 7.75. The molecule has 0 unspecified atom stereocenters. The van der Waals surface area contributed by atoms with Gasteiger partial charge >= 0.3 is 11.9 Å². The van der Waals surface area contributed by atoms with Gasteiger partial charge in [-0.05, 0) is 47.6 Å². The monoisotopic (exact) mass is 630 g/mol. The maximum atomic E-state index is 13.5. The van der Waals surface area contributed by atoms with E-state index in [1.807, 2.05) is 13.8 Å². The molecule has 1 aromatic heterocycles. The highest BCUT2D eigenvalue weighted by molar-refractivity contribution is 5.90. The van der Waals surface area contributed by atoms with Crippen LogP contribution in [0, 0.1) is 5.92 Å². The van der Waals surface area contributed by atoms with E-state index >= 15 is 0 Å². The molecule has 244 valence electrons.